The summed E-state index contributed by atoms with van der Waals surface area (Å²) in [6.45, 7) is 0.854. The minimum absolute atomic E-state index is 0.0669. The molecule has 0 radical (unpaired) electrons. The molecule has 1 heterocycles. The van der Waals surface area contributed by atoms with Gasteiger partial charge in [-0.1, -0.05) is 12.1 Å². The van der Waals surface area contributed by atoms with Gasteiger partial charge >= 0.3 is 0 Å². The highest BCUT2D eigenvalue weighted by Crippen LogP contribution is 2.35. The summed E-state index contributed by atoms with van der Waals surface area (Å²) < 4.78 is 16.8. The van der Waals surface area contributed by atoms with E-state index in [1.807, 2.05) is 18.2 Å². The quantitative estimate of drug-likeness (QED) is 0.604. The third-order valence-electron chi connectivity index (χ3n) is 4.71. The van der Waals surface area contributed by atoms with Crippen molar-refractivity contribution in [3.8, 4) is 28.7 Å². The van der Waals surface area contributed by atoms with Gasteiger partial charge in [0.25, 0.3) is 5.91 Å². The van der Waals surface area contributed by atoms with Crippen LogP contribution in [0.1, 0.15) is 28.9 Å². The predicted molar refractivity (Wildman–Crippen MR) is 106 cm³/mol. The molecule has 1 aliphatic rings. The van der Waals surface area contributed by atoms with Gasteiger partial charge in [0.1, 0.15) is 12.0 Å². The van der Waals surface area contributed by atoms with Crippen molar-refractivity contribution in [1.29, 1.82) is 0 Å². The molecule has 3 aromatic rings. The number of nitrogens with one attached hydrogen (secondary N) is 1. The molecule has 2 N–H and O–H groups in total. The summed E-state index contributed by atoms with van der Waals surface area (Å²) in [5, 5.41) is 12.5. The van der Waals surface area contributed by atoms with Gasteiger partial charge in [-0.3, -0.25) is 4.79 Å². The number of phenols is 1. The smallest absolute Gasteiger partial charge is 0.255 e. The molecule has 0 aliphatic heterocycles. The molecule has 1 aliphatic carbocycles. The number of carbonyl (C=O) groups excluding carboxylic acids is 1. The summed E-state index contributed by atoms with van der Waals surface area (Å²) in [6, 6.07) is 11.9. The molecule has 0 saturated heterocycles. The number of nitrogens with zero attached hydrogens (tertiary/aromatic N) is 1. The number of carbonyl (C=O) groups is 1. The molecular formula is C22H22N2O5. The first-order chi connectivity index (χ1) is 14.1. The maximum absolute atomic E-state index is 12.2. The van der Waals surface area contributed by atoms with Crippen LogP contribution in [0.2, 0.25) is 0 Å². The van der Waals surface area contributed by atoms with Gasteiger partial charge in [-0.05, 0) is 49.1 Å². The van der Waals surface area contributed by atoms with Crippen LogP contribution in [0.25, 0.3) is 11.5 Å². The molecule has 7 heteroatoms. The van der Waals surface area contributed by atoms with Gasteiger partial charge in [0, 0.05) is 5.56 Å². The fourth-order valence-electron chi connectivity index (χ4n) is 2.87. The van der Waals surface area contributed by atoms with E-state index in [9.17, 15) is 9.90 Å². The third-order valence-corrected chi connectivity index (χ3v) is 4.71. The molecule has 29 heavy (non-hydrogen) atoms. The van der Waals surface area contributed by atoms with Gasteiger partial charge < -0.3 is 24.3 Å². The molecule has 0 spiro atoms. The van der Waals surface area contributed by atoms with Crippen LogP contribution in [-0.4, -0.2) is 29.7 Å². The molecule has 1 saturated carbocycles. The number of oxazole rings is 1. The highest BCUT2D eigenvalue weighted by molar-refractivity contribution is 5.96. The SMILES string of the molecule is COc1ccc(-c2nc(CNC(=O)c3ccccc3O)co2)cc1OCC1CC1. The van der Waals surface area contributed by atoms with Gasteiger partial charge in [0.2, 0.25) is 5.89 Å². The Morgan fingerprint density at radius 3 is 2.83 bits per heavy atom. The zero-order chi connectivity index (χ0) is 20.2. The van der Waals surface area contributed by atoms with Gasteiger partial charge in [0.15, 0.2) is 11.5 Å². The summed E-state index contributed by atoms with van der Waals surface area (Å²) >= 11 is 0. The number of ether oxygens (including phenoxy) is 2. The van der Waals surface area contributed by atoms with E-state index < -0.39 is 0 Å². The van der Waals surface area contributed by atoms with Crippen LogP contribution in [0.5, 0.6) is 17.2 Å². The Hall–Kier alpha value is -3.48. The molecule has 150 valence electrons. The van der Waals surface area contributed by atoms with Crippen molar-refractivity contribution in [1.82, 2.24) is 10.3 Å². The number of aromatic hydroxyl groups is 1. The molecular weight excluding hydrogens is 372 g/mol. The second kappa shape index (κ2) is 8.26. The molecule has 4 rings (SSSR count). The molecule has 1 amide bonds. The summed E-state index contributed by atoms with van der Waals surface area (Å²) in [4.78, 5) is 16.6. The number of methoxy groups -OCH3 is 1. The fraction of sp³-hybridized carbons (Fsp3) is 0.273. The Balaban J connectivity index is 1.43. The third kappa shape index (κ3) is 4.51. The van der Waals surface area contributed by atoms with Crippen molar-refractivity contribution in [3.05, 3.63) is 60.0 Å². The van der Waals surface area contributed by atoms with Crippen molar-refractivity contribution in [2.75, 3.05) is 13.7 Å². The Kier molecular flexibility index (Phi) is 5.37. The first kappa shape index (κ1) is 18.9. The van der Waals surface area contributed by atoms with Gasteiger partial charge in [-0.15, -0.1) is 0 Å². The van der Waals surface area contributed by atoms with Gasteiger partial charge in [-0.2, -0.15) is 0 Å². The first-order valence-electron chi connectivity index (χ1n) is 9.46. The summed E-state index contributed by atoms with van der Waals surface area (Å²) in [5.74, 6) is 1.93. The maximum atomic E-state index is 12.2. The lowest BCUT2D eigenvalue weighted by molar-refractivity contribution is 0.0948. The summed E-state index contributed by atoms with van der Waals surface area (Å²) in [6.07, 6.45) is 3.91. The van der Waals surface area contributed by atoms with Crippen LogP contribution >= 0.6 is 0 Å². The van der Waals surface area contributed by atoms with E-state index in [1.54, 1.807) is 25.3 Å². The summed E-state index contributed by atoms with van der Waals surface area (Å²) in [7, 11) is 1.61. The van der Waals surface area contributed by atoms with Crippen LogP contribution in [0, 0.1) is 5.92 Å². The van der Waals surface area contributed by atoms with Crippen LogP contribution in [0.15, 0.2) is 53.1 Å². The maximum Gasteiger partial charge on any atom is 0.255 e. The second-order valence-corrected chi connectivity index (χ2v) is 6.96. The molecule has 2 aromatic carbocycles. The van der Waals surface area contributed by atoms with E-state index in [1.165, 1.54) is 25.2 Å². The molecule has 0 unspecified atom stereocenters. The number of hydrogen-bond donors (Lipinski definition) is 2. The average Bonchev–Trinajstić information content (AvgIpc) is 3.45. The van der Waals surface area contributed by atoms with Crippen molar-refractivity contribution < 1.29 is 23.8 Å². The highest BCUT2D eigenvalue weighted by Gasteiger charge is 2.23. The van der Waals surface area contributed by atoms with Crippen LogP contribution < -0.4 is 14.8 Å². The van der Waals surface area contributed by atoms with E-state index in [2.05, 4.69) is 10.3 Å². The van der Waals surface area contributed by atoms with Crippen LogP contribution in [-0.2, 0) is 6.54 Å². The standard InChI is InChI=1S/C22H22N2O5/c1-27-19-9-8-15(10-20(19)28-12-14-6-7-14)22-24-16(13-29-22)11-23-21(26)17-4-2-3-5-18(17)25/h2-5,8-10,13-14,25H,6-7,11-12H2,1H3,(H,23,26). The van der Waals surface area contributed by atoms with E-state index in [0.29, 0.717) is 35.6 Å². The Morgan fingerprint density at radius 2 is 2.07 bits per heavy atom. The molecule has 0 atom stereocenters. The Bertz CT molecular complexity index is 1010. The van der Waals surface area contributed by atoms with E-state index in [-0.39, 0.29) is 23.8 Å². The normalized spacial score (nSPS) is 13.1. The number of amides is 1. The molecule has 1 aromatic heterocycles. The van der Waals surface area contributed by atoms with Gasteiger partial charge in [-0.25, -0.2) is 4.98 Å². The van der Waals surface area contributed by atoms with Crippen LogP contribution in [0.3, 0.4) is 0 Å². The minimum Gasteiger partial charge on any atom is -0.507 e. The fourth-order valence-corrected chi connectivity index (χ4v) is 2.87. The largest absolute Gasteiger partial charge is 0.507 e. The second-order valence-electron chi connectivity index (χ2n) is 6.96. The molecule has 0 bridgehead atoms. The zero-order valence-corrected chi connectivity index (χ0v) is 16.1. The van der Waals surface area contributed by atoms with Crippen molar-refractivity contribution >= 4 is 5.91 Å². The van der Waals surface area contributed by atoms with Crippen LogP contribution in [0.4, 0.5) is 0 Å². The summed E-state index contributed by atoms with van der Waals surface area (Å²) in [5.41, 5.74) is 1.54. The topological polar surface area (TPSA) is 93.8 Å². The molecule has 7 nitrogen and oxygen atoms in total. The zero-order valence-electron chi connectivity index (χ0n) is 16.1. The number of phenolic OH excluding ortho intramolecular Hbond substituents is 1. The van der Waals surface area contributed by atoms with E-state index >= 15 is 0 Å². The lowest BCUT2D eigenvalue weighted by Crippen LogP contribution is -2.22. The highest BCUT2D eigenvalue weighted by atomic mass is 16.5. The number of aromatic nitrogens is 1. The number of para-hydroxylation sites is 1. The number of benzene rings is 2. The van der Waals surface area contributed by atoms with E-state index in [0.717, 1.165) is 5.56 Å². The molecule has 1 fully saturated rings. The Morgan fingerprint density at radius 1 is 1.24 bits per heavy atom. The van der Waals surface area contributed by atoms with E-state index in [4.69, 9.17) is 13.9 Å². The lowest BCUT2D eigenvalue weighted by atomic mass is 10.2. The monoisotopic (exact) mass is 394 g/mol. The van der Waals surface area contributed by atoms with Crippen molar-refractivity contribution in [2.45, 2.75) is 19.4 Å². The number of hydrogen-bond acceptors (Lipinski definition) is 6. The van der Waals surface area contributed by atoms with Crippen molar-refractivity contribution in [2.24, 2.45) is 5.92 Å². The van der Waals surface area contributed by atoms with Gasteiger partial charge in [0.05, 0.1) is 31.5 Å². The van der Waals surface area contributed by atoms with Crippen molar-refractivity contribution in [3.63, 3.8) is 0 Å². The first-order valence-corrected chi connectivity index (χ1v) is 9.46. The lowest BCUT2D eigenvalue weighted by Gasteiger charge is -2.11. The predicted octanol–water partition coefficient (Wildman–Crippen LogP) is 3.77. The Labute approximate surface area is 168 Å². The number of rotatable bonds is 8. The average molecular weight is 394 g/mol. The minimum atomic E-state index is -0.382.